The molecule has 2 rings (SSSR count). The van der Waals surface area contributed by atoms with Crippen LogP contribution in [-0.2, 0) is 0 Å². The normalized spacial score (nSPS) is 16.7. The Hall–Kier alpha value is -2.38. The van der Waals surface area contributed by atoms with Crippen LogP contribution >= 0.6 is 0 Å². The Morgan fingerprint density at radius 3 is 2.56 bits per heavy atom. The summed E-state index contributed by atoms with van der Waals surface area (Å²) in [5.41, 5.74) is -0.826. The standard InChI is InChI=1S/C10H11N3O5/c1-10(2)6-11(13(16)17)8-5-7(12(14)15)3-4-9(8)18-10/h3-5H,6H2,1-2H3. The molecule has 0 radical (unpaired) electrons. The number of ether oxygens (including phenoxy) is 1. The lowest BCUT2D eigenvalue weighted by Gasteiger charge is -2.34. The average molecular weight is 253 g/mol. The molecule has 18 heavy (non-hydrogen) atoms. The monoisotopic (exact) mass is 253 g/mol. The van der Waals surface area contributed by atoms with Crippen LogP contribution in [0.1, 0.15) is 13.8 Å². The number of nitro groups is 2. The summed E-state index contributed by atoms with van der Waals surface area (Å²) in [6, 6.07) is 3.79. The van der Waals surface area contributed by atoms with E-state index in [-0.39, 0.29) is 23.7 Å². The van der Waals surface area contributed by atoms with Crippen molar-refractivity contribution in [2.24, 2.45) is 0 Å². The Morgan fingerprint density at radius 1 is 1.33 bits per heavy atom. The zero-order chi connectivity index (χ0) is 13.5. The third-order valence-corrected chi connectivity index (χ3v) is 2.55. The molecule has 1 aliphatic rings. The van der Waals surface area contributed by atoms with E-state index in [0.717, 1.165) is 11.1 Å². The molecule has 0 fully saturated rings. The summed E-state index contributed by atoms with van der Waals surface area (Å²) < 4.78 is 5.57. The number of nitrogens with zero attached hydrogens (tertiary/aromatic N) is 3. The molecular formula is C10H11N3O5. The highest BCUT2D eigenvalue weighted by atomic mass is 16.7. The summed E-state index contributed by atoms with van der Waals surface area (Å²) in [4.78, 5) is 21.1. The van der Waals surface area contributed by atoms with Crippen molar-refractivity contribution in [2.75, 3.05) is 11.6 Å². The Balaban J connectivity index is 2.53. The van der Waals surface area contributed by atoms with Gasteiger partial charge in [0.25, 0.3) is 5.69 Å². The van der Waals surface area contributed by atoms with E-state index in [4.69, 9.17) is 4.74 Å². The van der Waals surface area contributed by atoms with Gasteiger partial charge in [0.05, 0.1) is 4.92 Å². The maximum Gasteiger partial charge on any atom is 0.272 e. The maximum atomic E-state index is 11.0. The van der Waals surface area contributed by atoms with Crippen LogP contribution in [0, 0.1) is 20.2 Å². The second kappa shape index (κ2) is 3.83. The van der Waals surface area contributed by atoms with E-state index in [2.05, 4.69) is 0 Å². The molecule has 1 aromatic rings. The number of fused-ring (bicyclic) bond motifs is 1. The van der Waals surface area contributed by atoms with E-state index in [9.17, 15) is 20.2 Å². The van der Waals surface area contributed by atoms with Gasteiger partial charge in [0.1, 0.15) is 17.9 Å². The number of non-ortho nitro benzene ring substituents is 1. The quantitative estimate of drug-likeness (QED) is 0.588. The third kappa shape index (κ3) is 2.04. The molecule has 0 atom stereocenters. The van der Waals surface area contributed by atoms with Crippen molar-refractivity contribution in [1.82, 2.24) is 0 Å². The van der Waals surface area contributed by atoms with Gasteiger partial charge in [-0.1, -0.05) is 5.01 Å². The topological polar surface area (TPSA) is 98.8 Å². The fourth-order valence-electron chi connectivity index (χ4n) is 1.83. The predicted octanol–water partition coefficient (Wildman–Crippen LogP) is 1.76. The number of hydrazine groups is 1. The van der Waals surface area contributed by atoms with Crippen LogP contribution in [0.25, 0.3) is 0 Å². The SMILES string of the molecule is CC1(C)CN([N+](=O)[O-])c2cc([N+](=O)[O-])ccc2O1. The summed E-state index contributed by atoms with van der Waals surface area (Å²) >= 11 is 0. The Bertz CT molecular complexity index is 528. The first-order valence-corrected chi connectivity index (χ1v) is 5.19. The van der Waals surface area contributed by atoms with Gasteiger partial charge < -0.3 is 4.74 Å². The second-order valence-corrected chi connectivity index (χ2v) is 4.57. The highest BCUT2D eigenvalue weighted by molar-refractivity contribution is 5.63. The minimum absolute atomic E-state index is 0.0220. The van der Waals surface area contributed by atoms with E-state index in [1.807, 2.05) is 0 Å². The Morgan fingerprint density at radius 2 is 2.00 bits per heavy atom. The molecule has 0 unspecified atom stereocenters. The summed E-state index contributed by atoms with van der Waals surface area (Å²) in [6.07, 6.45) is 0. The molecular weight excluding hydrogens is 242 g/mol. The molecule has 0 aliphatic carbocycles. The summed E-state index contributed by atoms with van der Waals surface area (Å²) in [5, 5.41) is 21.9. The fraction of sp³-hybridized carbons (Fsp3) is 0.400. The molecule has 0 saturated carbocycles. The zero-order valence-corrected chi connectivity index (χ0v) is 9.82. The largest absolute Gasteiger partial charge is 0.483 e. The number of hydrogen-bond acceptors (Lipinski definition) is 5. The van der Waals surface area contributed by atoms with Crippen molar-refractivity contribution in [1.29, 1.82) is 0 Å². The Labute approximate surface area is 102 Å². The van der Waals surface area contributed by atoms with Gasteiger partial charge in [-0.2, -0.15) is 0 Å². The summed E-state index contributed by atoms with van der Waals surface area (Å²) in [7, 11) is 0. The van der Waals surface area contributed by atoms with Gasteiger partial charge in [-0.25, -0.2) is 10.1 Å². The van der Waals surface area contributed by atoms with Gasteiger partial charge in [-0.3, -0.25) is 10.1 Å². The van der Waals surface area contributed by atoms with Crippen molar-refractivity contribution >= 4 is 11.4 Å². The van der Waals surface area contributed by atoms with Crippen LogP contribution in [0.5, 0.6) is 5.75 Å². The zero-order valence-electron chi connectivity index (χ0n) is 9.82. The molecule has 8 nitrogen and oxygen atoms in total. The summed E-state index contributed by atoms with van der Waals surface area (Å²) in [5.74, 6) is 0.272. The minimum atomic E-state index is -0.726. The molecule has 0 bridgehead atoms. The third-order valence-electron chi connectivity index (χ3n) is 2.55. The molecule has 1 aliphatic heterocycles. The van der Waals surface area contributed by atoms with Gasteiger partial charge in [0, 0.05) is 12.1 Å². The van der Waals surface area contributed by atoms with Gasteiger partial charge >= 0.3 is 0 Å². The van der Waals surface area contributed by atoms with Crippen molar-refractivity contribution in [3.8, 4) is 5.75 Å². The van der Waals surface area contributed by atoms with E-state index in [0.29, 0.717) is 0 Å². The van der Waals surface area contributed by atoms with E-state index in [1.54, 1.807) is 13.8 Å². The van der Waals surface area contributed by atoms with Crippen LogP contribution in [-0.4, -0.2) is 22.1 Å². The van der Waals surface area contributed by atoms with Crippen molar-refractivity contribution in [3.63, 3.8) is 0 Å². The first kappa shape index (κ1) is 12.1. The van der Waals surface area contributed by atoms with E-state index < -0.39 is 15.6 Å². The molecule has 0 aromatic heterocycles. The molecule has 0 N–H and O–H groups in total. The Kier molecular flexibility index (Phi) is 2.57. The summed E-state index contributed by atoms with van der Waals surface area (Å²) in [6.45, 7) is 3.45. The van der Waals surface area contributed by atoms with Gasteiger partial charge in [0.15, 0.2) is 10.7 Å². The lowest BCUT2D eigenvalue weighted by Crippen LogP contribution is -2.49. The van der Waals surface area contributed by atoms with E-state index >= 15 is 0 Å². The van der Waals surface area contributed by atoms with Crippen LogP contribution in [0.15, 0.2) is 18.2 Å². The number of rotatable bonds is 2. The molecule has 1 heterocycles. The first-order chi connectivity index (χ1) is 8.30. The van der Waals surface area contributed by atoms with Gasteiger partial charge in [0.2, 0.25) is 0 Å². The lowest BCUT2D eigenvalue weighted by molar-refractivity contribution is -0.498. The molecule has 0 saturated heterocycles. The van der Waals surface area contributed by atoms with Crippen molar-refractivity contribution in [2.45, 2.75) is 19.4 Å². The lowest BCUT2D eigenvalue weighted by atomic mass is 10.1. The van der Waals surface area contributed by atoms with Crippen molar-refractivity contribution in [3.05, 3.63) is 38.4 Å². The molecule has 1 aromatic carbocycles. The van der Waals surface area contributed by atoms with Gasteiger partial charge in [-0.05, 0) is 19.9 Å². The number of hydrogen-bond donors (Lipinski definition) is 0. The number of nitro benzene ring substituents is 1. The maximum absolute atomic E-state index is 11.0. The van der Waals surface area contributed by atoms with Gasteiger partial charge in [-0.15, -0.1) is 0 Å². The molecule has 96 valence electrons. The average Bonchev–Trinajstić information content (AvgIpc) is 2.25. The number of anilines is 1. The predicted molar refractivity (Wildman–Crippen MR) is 62.1 cm³/mol. The number of benzene rings is 1. The molecule has 8 heteroatoms. The highest BCUT2D eigenvalue weighted by Crippen LogP contribution is 2.39. The smallest absolute Gasteiger partial charge is 0.272 e. The van der Waals surface area contributed by atoms with Crippen LogP contribution in [0.3, 0.4) is 0 Å². The van der Waals surface area contributed by atoms with Crippen LogP contribution in [0.2, 0.25) is 0 Å². The van der Waals surface area contributed by atoms with E-state index in [1.165, 1.54) is 12.1 Å². The van der Waals surface area contributed by atoms with Crippen molar-refractivity contribution < 1.29 is 14.7 Å². The first-order valence-electron chi connectivity index (χ1n) is 5.19. The molecule has 0 amide bonds. The second-order valence-electron chi connectivity index (χ2n) is 4.57. The minimum Gasteiger partial charge on any atom is -0.483 e. The van der Waals surface area contributed by atoms with Crippen LogP contribution in [0.4, 0.5) is 11.4 Å². The highest BCUT2D eigenvalue weighted by Gasteiger charge is 2.38. The van der Waals surface area contributed by atoms with Crippen LogP contribution < -0.4 is 9.75 Å². The molecule has 0 spiro atoms. The fourth-order valence-corrected chi connectivity index (χ4v) is 1.83.